The second-order valence-electron chi connectivity index (χ2n) is 10.7. The van der Waals surface area contributed by atoms with Crippen LogP contribution in [0.4, 0.5) is 11.4 Å². The Bertz CT molecular complexity index is 1520. The molecule has 0 aromatic heterocycles. The molecule has 9 nitrogen and oxygen atoms in total. The number of piperidine rings is 1. The first-order valence-electron chi connectivity index (χ1n) is 14.8. The highest BCUT2D eigenvalue weighted by Gasteiger charge is 2.33. The number of aliphatic carboxylic acids is 1. The van der Waals surface area contributed by atoms with Gasteiger partial charge in [-0.3, -0.25) is 14.2 Å². The Balaban J connectivity index is 1.41. The maximum absolute atomic E-state index is 13.6. The Morgan fingerprint density at radius 3 is 2.30 bits per heavy atom. The molecule has 226 valence electrons. The molecule has 0 aliphatic carbocycles. The zero-order valence-electron chi connectivity index (χ0n) is 24.5. The molecule has 0 radical (unpaired) electrons. The number of hydrogen-bond donors (Lipinski definition) is 3. The van der Waals surface area contributed by atoms with Crippen LogP contribution in [0.15, 0.2) is 72.8 Å². The average molecular weight is 604 g/mol. The maximum Gasteiger partial charge on any atom is 0.361 e. The Morgan fingerprint density at radius 2 is 1.67 bits per heavy atom. The number of carboxylic acids is 1. The van der Waals surface area contributed by atoms with E-state index in [1.807, 2.05) is 42.5 Å². The summed E-state index contributed by atoms with van der Waals surface area (Å²) in [5.41, 5.74) is 5.15. The van der Waals surface area contributed by atoms with Crippen molar-refractivity contribution in [3.63, 3.8) is 0 Å². The molecular formula is C33H38N3O6P. The third-order valence-corrected chi connectivity index (χ3v) is 9.96. The lowest BCUT2D eigenvalue weighted by molar-refractivity contribution is -0.143. The number of hydrogen-bond acceptors (Lipinski definition) is 7. The number of carbonyl (C=O) groups excluding carboxylic acids is 1. The number of amides is 1. The third-order valence-electron chi connectivity index (χ3n) is 7.85. The predicted molar refractivity (Wildman–Crippen MR) is 169 cm³/mol. The summed E-state index contributed by atoms with van der Waals surface area (Å²) in [6.45, 7) is 6.48. The minimum Gasteiger partial charge on any atom is -0.481 e. The van der Waals surface area contributed by atoms with Crippen molar-refractivity contribution in [3.8, 4) is 0 Å². The molecule has 3 aromatic rings. The lowest BCUT2D eigenvalue weighted by Gasteiger charge is -2.29. The molecule has 0 saturated carbocycles. The van der Waals surface area contributed by atoms with Gasteiger partial charge in [0.2, 0.25) is 0 Å². The van der Waals surface area contributed by atoms with Crippen LogP contribution in [0.2, 0.25) is 0 Å². The van der Waals surface area contributed by atoms with E-state index in [1.165, 1.54) is 5.56 Å². The van der Waals surface area contributed by atoms with Gasteiger partial charge in [-0.1, -0.05) is 42.5 Å². The van der Waals surface area contributed by atoms with E-state index in [4.69, 9.17) is 9.05 Å². The summed E-state index contributed by atoms with van der Waals surface area (Å²) >= 11 is 0. The van der Waals surface area contributed by atoms with Crippen LogP contribution >= 0.6 is 7.60 Å². The van der Waals surface area contributed by atoms with E-state index in [9.17, 15) is 19.3 Å². The topological polar surface area (TPSA) is 117 Å². The van der Waals surface area contributed by atoms with Crippen molar-refractivity contribution in [3.05, 3.63) is 89.5 Å². The zero-order valence-corrected chi connectivity index (χ0v) is 25.4. The van der Waals surface area contributed by atoms with E-state index >= 15 is 0 Å². The lowest BCUT2D eigenvalue weighted by atomic mass is 9.97. The fraction of sp³-hybridized carbons (Fsp3) is 0.333. The number of carbonyl (C=O) groups is 2. The Labute approximate surface area is 252 Å². The smallest absolute Gasteiger partial charge is 0.361 e. The van der Waals surface area contributed by atoms with E-state index in [-0.39, 0.29) is 25.0 Å². The Hall–Kier alpha value is -3.75. The van der Waals surface area contributed by atoms with Gasteiger partial charge < -0.3 is 29.7 Å². The zero-order chi connectivity index (χ0) is 30.4. The SMILES string of the molecule is CCOP(=O)(OCC)c1ccc2c(c1)C(=C(Nc1ccc(CCN3CCC(C(=O)O)CC3)cc1)c1ccccc1)C(=O)N2. The van der Waals surface area contributed by atoms with E-state index < -0.39 is 13.6 Å². The van der Waals surface area contributed by atoms with Crippen molar-refractivity contribution in [1.29, 1.82) is 0 Å². The summed E-state index contributed by atoms with van der Waals surface area (Å²) in [5.74, 6) is -1.18. The van der Waals surface area contributed by atoms with Gasteiger partial charge in [-0.05, 0) is 87.7 Å². The monoisotopic (exact) mass is 603 g/mol. The fourth-order valence-electron chi connectivity index (χ4n) is 5.57. The number of fused-ring (bicyclic) bond motifs is 1. The number of likely N-dealkylation sites (tertiary alicyclic amines) is 1. The predicted octanol–water partition coefficient (Wildman–Crippen LogP) is 5.85. The molecule has 0 spiro atoms. The molecule has 1 fully saturated rings. The molecule has 2 aliphatic rings. The minimum absolute atomic E-state index is 0.226. The number of rotatable bonds is 12. The molecule has 3 aromatic carbocycles. The van der Waals surface area contributed by atoms with Crippen LogP contribution in [0.5, 0.6) is 0 Å². The fourth-order valence-corrected chi connectivity index (χ4v) is 7.17. The van der Waals surface area contributed by atoms with E-state index in [2.05, 4.69) is 27.7 Å². The number of nitrogens with zero attached hydrogens (tertiary/aromatic N) is 1. The Morgan fingerprint density at radius 1 is 1.00 bits per heavy atom. The average Bonchev–Trinajstić information content (AvgIpc) is 3.35. The van der Waals surface area contributed by atoms with Gasteiger partial charge in [0.15, 0.2) is 0 Å². The quantitative estimate of drug-likeness (QED) is 0.174. The van der Waals surface area contributed by atoms with Crippen molar-refractivity contribution < 1.29 is 28.3 Å². The molecule has 0 bridgehead atoms. The number of anilines is 2. The van der Waals surface area contributed by atoms with Crippen molar-refractivity contribution in [1.82, 2.24) is 4.90 Å². The molecule has 1 amide bonds. The van der Waals surface area contributed by atoms with Gasteiger partial charge in [0.05, 0.1) is 35.7 Å². The second-order valence-corrected chi connectivity index (χ2v) is 12.7. The molecule has 2 aliphatic heterocycles. The first kappa shape index (κ1) is 30.7. The third kappa shape index (κ3) is 7.08. The minimum atomic E-state index is -3.56. The van der Waals surface area contributed by atoms with Gasteiger partial charge in [-0.25, -0.2) is 0 Å². The van der Waals surface area contributed by atoms with E-state index in [0.717, 1.165) is 37.3 Å². The Kier molecular flexibility index (Phi) is 9.78. The van der Waals surface area contributed by atoms with Crippen LogP contribution in [0.3, 0.4) is 0 Å². The molecule has 1 saturated heterocycles. The van der Waals surface area contributed by atoms with Crippen molar-refractivity contribution >= 4 is 47.4 Å². The highest BCUT2D eigenvalue weighted by Crippen LogP contribution is 2.48. The second kappa shape index (κ2) is 13.7. The van der Waals surface area contributed by atoms with Gasteiger partial charge in [0.1, 0.15) is 0 Å². The summed E-state index contributed by atoms with van der Waals surface area (Å²) in [6, 6.07) is 22.9. The van der Waals surface area contributed by atoms with Gasteiger partial charge >= 0.3 is 13.6 Å². The highest BCUT2D eigenvalue weighted by atomic mass is 31.2. The van der Waals surface area contributed by atoms with Gasteiger partial charge in [-0.2, -0.15) is 0 Å². The van der Waals surface area contributed by atoms with Crippen LogP contribution in [0.1, 0.15) is 43.4 Å². The number of nitrogens with one attached hydrogen (secondary N) is 2. The highest BCUT2D eigenvalue weighted by molar-refractivity contribution is 7.62. The first-order valence-corrected chi connectivity index (χ1v) is 16.3. The van der Waals surface area contributed by atoms with Crippen molar-refractivity contribution in [2.45, 2.75) is 33.1 Å². The molecule has 0 atom stereocenters. The number of benzene rings is 3. The first-order chi connectivity index (χ1) is 20.8. The molecule has 5 rings (SSSR count). The van der Waals surface area contributed by atoms with Crippen LogP contribution in [-0.4, -0.2) is 54.7 Å². The van der Waals surface area contributed by atoms with Crippen LogP contribution in [-0.2, 0) is 29.6 Å². The normalized spacial score (nSPS) is 16.9. The number of carboxylic acid groups (broad SMARTS) is 1. The standard InChI is InChI=1S/C33H38N3O6P/c1-3-41-43(40,42-4-2)27-14-15-29-28(22-27)30(32(37)35-29)31(24-8-6-5-7-9-24)34-26-12-10-23(11-13-26)16-19-36-20-17-25(18-21-36)33(38)39/h5-15,22,25,34H,3-4,16-21H2,1-2H3,(H,35,37)(H,38,39). The van der Waals surface area contributed by atoms with Crippen LogP contribution in [0.25, 0.3) is 11.3 Å². The molecule has 3 N–H and O–H groups in total. The van der Waals surface area contributed by atoms with Gasteiger partial charge in [0.25, 0.3) is 5.91 Å². The van der Waals surface area contributed by atoms with E-state index in [1.54, 1.807) is 32.0 Å². The molecule has 2 heterocycles. The molecule has 10 heteroatoms. The van der Waals surface area contributed by atoms with Gasteiger partial charge in [-0.15, -0.1) is 0 Å². The maximum atomic E-state index is 13.6. The summed E-state index contributed by atoms with van der Waals surface area (Å²) in [4.78, 5) is 27.0. The van der Waals surface area contributed by atoms with Gasteiger partial charge in [0, 0.05) is 23.5 Å². The largest absolute Gasteiger partial charge is 0.481 e. The molecular weight excluding hydrogens is 565 g/mol. The lowest BCUT2D eigenvalue weighted by Crippen LogP contribution is -2.37. The molecule has 0 unspecified atom stereocenters. The summed E-state index contributed by atoms with van der Waals surface area (Å²) in [7, 11) is -3.56. The summed E-state index contributed by atoms with van der Waals surface area (Å²) < 4.78 is 24.7. The summed E-state index contributed by atoms with van der Waals surface area (Å²) in [6.07, 6.45) is 2.26. The van der Waals surface area contributed by atoms with Crippen molar-refractivity contribution in [2.75, 3.05) is 43.5 Å². The van der Waals surface area contributed by atoms with Crippen molar-refractivity contribution in [2.24, 2.45) is 5.92 Å². The van der Waals surface area contributed by atoms with Crippen LogP contribution < -0.4 is 15.9 Å². The van der Waals surface area contributed by atoms with Crippen LogP contribution in [0, 0.1) is 5.92 Å². The molecule has 43 heavy (non-hydrogen) atoms. The van der Waals surface area contributed by atoms with E-state index in [0.29, 0.717) is 40.7 Å². The summed E-state index contributed by atoms with van der Waals surface area (Å²) in [5, 5.41) is 16.1.